The highest BCUT2D eigenvalue weighted by Crippen LogP contribution is 2.34. The van der Waals surface area contributed by atoms with Crippen LogP contribution in [0.15, 0.2) is 91.3 Å². The van der Waals surface area contributed by atoms with Crippen LogP contribution in [-0.2, 0) is 19.3 Å². The van der Waals surface area contributed by atoms with E-state index in [2.05, 4.69) is 111 Å². The fourth-order valence-electron chi connectivity index (χ4n) is 7.10. The second kappa shape index (κ2) is 14.2. The van der Waals surface area contributed by atoms with Crippen molar-refractivity contribution in [2.24, 2.45) is 0 Å². The van der Waals surface area contributed by atoms with Crippen LogP contribution < -0.4 is 4.90 Å². The second-order valence-electron chi connectivity index (χ2n) is 13.9. The van der Waals surface area contributed by atoms with Crippen molar-refractivity contribution in [1.82, 2.24) is 9.88 Å². The van der Waals surface area contributed by atoms with Gasteiger partial charge in [0.1, 0.15) is 0 Å². The van der Waals surface area contributed by atoms with Gasteiger partial charge in [0, 0.05) is 55.9 Å². The van der Waals surface area contributed by atoms with Gasteiger partial charge in [-0.05, 0) is 152 Å². The second-order valence-corrected chi connectivity index (χ2v) is 13.9. The van der Waals surface area contributed by atoms with Gasteiger partial charge in [-0.15, -0.1) is 0 Å². The van der Waals surface area contributed by atoms with Gasteiger partial charge < -0.3 is 4.90 Å². The standard InChI is InChI=1S/C43H46F3N3/c1-28-18-37(19-29(2)32(28)5)36-9-7-8-34(22-36)27-49(41-12-10-40(11-13-41)43(44,45)46)42-14-16-48(17-15-42)26-35-23-39(25-47-24-35)38-20-30(3)33(6)31(4)21-38/h7-13,18-25,42H,14-17,26-27H2,1-6H3. The van der Waals surface area contributed by atoms with Crippen LogP contribution in [0.2, 0.25) is 0 Å². The number of likely N-dealkylation sites (tertiary alicyclic amines) is 1. The lowest BCUT2D eigenvalue weighted by Gasteiger charge is -2.40. The number of benzene rings is 4. The summed E-state index contributed by atoms with van der Waals surface area (Å²) < 4.78 is 40.4. The van der Waals surface area contributed by atoms with Gasteiger partial charge in [-0.3, -0.25) is 9.88 Å². The number of aromatic nitrogens is 1. The number of aryl methyl sites for hydroxylation is 4. The number of alkyl halides is 3. The lowest BCUT2D eigenvalue weighted by molar-refractivity contribution is -0.137. The molecule has 1 aliphatic heterocycles. The number of halogens is 3. The SMILES string of the molecule is Cc1cc(-c2cncc(CN3CCC(N(Cc4cccc(-c5cc(C)c(C)c(C)c5)c4)c4ccc(C(F)(F)F)cc4)CC3)c2)cc(C)c1C. The lowest BCUT2D eigenvalue weighted by atomic mass is 9.95. The summed E-state index contributed by atoms with van der Waals surface area (Å²) in [4.78, 5) is 9.37. The van der Waals surface area contributed by atoms with E-state index in [9.17, 15) is 13.2 Å². The first-order valence-corrected chi connectivity index (χ1v) is 17.2. The number of nitrogens with zero attached hydrogens (tertiary/aromatic N) is 3. The molecule has 49 heavy (non-hydrogen) atoms. The maximum Gasteiger partial charge on any atom is 0.416 e. The minimum Gasteiger partial charge on any atom is -0.364 e. The smallest absolute Gasteiger partial charge is 0.364 e. The summed E-state index contributed by atoms with van der Waals surface area (Å²) in [6.45, 7) is 16.2. The molecule has 1 fully saturated rings. The van der Waals surface area contributed by atoms with Gasteiger partial charge in [-0.1, -0.05) is 42.5 Å². The molecule has 0 saturated carbocycles. The molecule has 0 aliphatic carbocycles. The zero-order valence-electron chi connectivity index (χ0n) is 29.5. The van der Waals surface area contributed by atoms with Gasteiger partial charge in [0.15, 0.2) is 0 Å². The van der Waals surface area contributed by atoms with Crippen molar-refractivity contribution >= 4 is 5.69 Å². The molecule has 6 heteroatoms. The largest absolute Gasteiger partial charge is 0.416 e. The molecule has 0 atom stereocenters. The van der Waals surface area contributed by atoms with Crippen LogP contribution in [0.4, 0.5) is 18.9 Å². The Morgan fingerprint density at radius 1 is 0.653 bits per heavy atom. The fourth-order valence-corrected chi connectivity index (χ4v) is 7.10. The molecule has 5 aromatic rings. The van der Waals surface area contributed by atoms with Gasteiger partial charge in [0.25, 0.3) is 0 Å². The molecule has 0 spiro atoms. The molecule has 2 heterocycles. The molecule has 4 aromatic carbocycles. The number of anilines is 1. The van der Waals surface area contributed by atoms with Crippen LogP contribution in [0.1, 0.15) is 62.9 Å². The monoisotopic (exact) mass is 661 g/mol. The normalized spacial score (nSPS) is 14.3. The Morgan fingerprint density at radius 2 is 1.20 bits per heavy atom. The quantitative estimate of drug-likeness (QED) is 0.165. The molecular weight excluding hydrogens is 615 g/mol. The summed E-state index contributed by atoms with van der Waals surface area (Å²) in [5.74, 6) is 0. The molecule has 0 unspecified atom stereocenters. The third-order valence-corrected chi connectivity index (χ3v) is 10.5. The van der Waals surface area contributed by atoms with Crippen molar-refractivity contribution in [2.75, 3.05) is 18.0 Å². The average molecular weight is 662 g/mol. The summed E-state index contributed by atoms with van der Waals surface area (Å²) in [5.41, 5.74) is 14.9. The van der Waals surface area contributed by atoms with Gasteiger partial charge >= 0.3 is 6.18 Å². The van der Waals surface area contributed by atoms with Crippen LogP contribution in [0.5, 0.6) is 0 Å². The van der Waals surface area contributed by atoms with Gasteiger partial charge in [-0.2, -0.15) is 13.2 Å². The van der Waals surface area contributed by atoms with Gasteiger partial charge in [0.2, 0.25) is 0 Å². The fraction of sp³-hybridized carbons (Fsp3) is 0.326. The maximum atomic E-state index is 13.5. The Bertz CT molecular complexity index is 1890. The summed E-state index contributed by atoms with van der Waals surface area (Å²) >= 11 is 0. The van der Waals surface area contributed by atoms with Gasteiger partial charge in [0.05, 0.1) is 5.56 Å². The lowest BCUT2D eigenvalue weighted by Crippen LogP contribution is -2.44. The summed E-state index contributed by atoms with van der Waals surface area (Å²) in [5, 5.41) is 0. The number of pyridine rings is 1. The first kappa shape index (κ1) is 34.4. The van der Waals surface area contributed by atoms with E-state index in [1.54, 1.807) is 12.1 Å². The minimum absolute atomic E-state index is 0.198. The van der Waals surface area contributed by atoms with E-state index in [-0.39, 0.29) is 6.04 Å². The molecule has 0 bridgehead atoms. The van der Waals surface area contributed by atoms with Crippen LogP contribution >= 0.6 is 0 Å². The van der Waals surface area contributed by atoms with E-state index >= 15 is 0 Å². The van der Waals surface area contributed by atoms with Crippen molar-refractivity contribution in [3.8, 4) is 22.3 Å². The predicted molar refractivity (Wildman–Crippen MR) is 196 cm³/mol. The van der Waals surface area contributed by atoms with Crippen LogP contribution in [0.25, 0.3) is 22.3 Å². The van der Waals surface area contributed by atoms with E-state index in [0.717, 1.165) is 54.9 Å². The van der Waals surface area contributed by atoms with Crippen molar-refractivity contribution in [1.29, 1.82) is 0 Å². The number of hydrogen-bond acceptors (Lipinski definition) is 3. The Kier molecular flexibility index (Phi) is 9.99. The van der Waals surface area contributed by atoms with Crippen molar-refractivity contribution in [3.63, 3.8) is 0 Å². The van der Waals surface area contributed by atoms with Gasteiger partial charge in [-0.25, -0.2) is 0 Å². The molecule has 1 aliphatic rings. The summed E-state index contributed by atoms with van der Waals surface area (Å²) in [6.07, 6.45) is 1.37. The Hall–Kier alpha value is -4.42. The van der Waals surface area contributed by atoms with Crippen LogP contribution in [0.3, 0.4) is 0 Å². The summed E-state index contributed by atoms with van der Waals surface area (Å²) in [6, 6.07) is 25.7. The van der Waals surface area contributed by atoms with E-state index < -0.39 is 11.7 Å². The highest BCUT2D eigenvalue weighted by atomic mass is 19.4. The molecular formula is C43H46F3N3. The van der Waals surface area contributed by atoms with E-state index in [1.165, 1.54) is 62.2 Å². The Morgan fingerprint density at radius 3 is 1.78 bits per heavy atom. The van der Waals surface area contributed by atoms with E-state index in [1.807, 2.05) is 12.4 Å². The molecule has 6 rings (SSSR count). The Balaban J connectivity index is 1.20. The van der Waals surface area contributed by atoms with Crippen LogP contribution in [-0.4, -0.2) is 29.0 Å². The maximum absolute atomic E-state index is 13.5. The van der Waals surface area contributed by atoms with Crippen LogP contribution in [0, 0.1) is 41.5 Å². The zero-order valence-corrected chi connectivity index (χ0v) is 29.5. The Labute approximate surface area is 289 Å². The molecule has 1 saturated heterocycles. The molecule has 3 nitrogen and oxygen atoms in total. The van der Waals surface area contributed by atoms with Crippen molar-refractivity contribution < 1.29 is 13.2 Å². The predicted octanol–water partition coefficient (Wildman–Crippen LogP) is 11.0. The topological polar surface area (TPSA) is 19.4 Å². The molecule has 1 aromatic heterocycles. The average Bonchev–Trinajstić information content (AvgIpc) is 3.08. The van der Waals surface area contributed by atoms with Crippen molar-refractivity contribution in [2.45, 2.75) is 79.7 Å². The number of rotatable bonds is 8. The van der Waals surface area contributed by atoms with E-state index in [0.29, 0.717) is 6.54 Å². The third-order valence-electron chi connectivity index (χ3n) is 10.5. The minimum atomic E-state index is -4.36. The highest BCUT2D eigenvalue weighted by molar-refractivity contribution is 5.68. The highest BCUT2D eigenvalue weighted by Gasteiger charge is 2.31. The van der Waals surface area contributed by atoms with Crippen molar-refractivity contribution in [3.05, 3.63) is 141 Å². The van der Waals surface area contributed by atoms with E-state index in [4.69, 9.17) is 0 Å². The number of hydrogen-bond donors (Lipinski definition) is 0. The zero-order chi connectivity index (χ0) is 34.9. The molecule has 0 radical (unpaired) electrons. The third kappa shape index (κ3) is 7.91. The molecule has 0 N–H and O–H groups in total. The number of piperidine rings is 1. The molecule has 0 amide bonds. The first-order valence-electron chi connectivity index (χ1n) is 17.2. The molecule has 254 valence electrons. The first-order chi connectivity index (χ1) is 23.4. The summed E-state index contributed by atoms with van der Waals surface area (Å²) in [7, 11) is 0.